The van der Waals surface area contributed by atoms with Crippen LogP contribution in [0.15, 0.2) is 47.6 Å². The smallest absolute Gasteiger partial charge is 0.260 e. The van der Waals surface area contributed by atoms with Gasteiger partial charge < -0.3 is 9.47 Å². The van der Waals surface area contributed by atoms with Crippen LogP contribution in [0.3, 0.4) is 0 Å². The third-order valence-electron chi connectivity index (χ3n) is 3.64. The number of nitrogens with zero attached hydrogens (tertiary/aromatic N) is 2. The van der Waals surface area contributed by atoms with E-state index < -0.39 is 28.3 Å². The fourth-order valence-electron chi connectivity index (χ4n) is 2.30. The number of nitrogens with one attached hydrogen (secondary N) is 1. The van der Waals surface area contributed by atoms with Crippen molar-refractivity contribution in [3.05, 3.63) is 53.8 Å². The maximum absolute atomic E-state index is 13.5. The van der Waals surface area contributed by atoms with Crippen molar-refractivity contribution in [3.63, 3.8) is 0 Å². The van der Waals surface area contributed by atoms with Gasteiger partial charge in [-0.05, 0) is 18.2 Å². The van der Waals surface area contributed by atoms with Gasteiger partial charge in [0.15, 0.2) is 11.5 Å². The molecule has 0 aliphatic rings. The molecule has 0 aliphatic heterocycles. The Morgan fingerprint density at radius 2 is 1.86 bits per heavy atom. The average molecular weight is 409 g/mol. The Morgan fingerprint density at radius 1 is 1.18 bits per heavy atom. The fourth-order valence-corrected chi connectivity index (χ4v) is 3.15. The van der Waals surface area contributed by atoms with E-state index in [2.05, 4.69) is 10.5 Å². The molecule has 0 saturated heterocycles. The van der Waals surface area contributed by atoms with Crippen LogP contribution in [0.25, 0.3) is 0 Å². The number of carbonyl (C=O) groups is 1. The van der Waals surface area contributed by atoms with Crippen LogP contribution in [-0.2, 0) is 14.8 Å². The van der Waals surface area contributed by atoms with Crippen LogP contribution in [-0.4, -0.2) is 47.6 Å². The zero-order valence-electron chi connectivity index (χ0n) is 15.5. The first-order valence-corrected chi connectivity index (χ1v) is 9.87. The predicted molar refractivity (Wildman–Crippen MR) is 104 cm³/mol. The molecule has 150 valence electrons. The SMILES string of the molecule is COc1ccc(N(CC(=O)N/N=C\c2ccccc2F)S(C)(=O)=O)cc1OC. The van der Waals surface area contributed by atoms with Gasteiger partial charge in [-0.15, -0.1) is 0 Å². The molecule has 28 heavy (non-hydrogen) atoms. The van der Waals surface area contributed by atoms with E-state index in [1.54, 1.807) is 6.07 Å². The first-order valence-electron chi connectivity index (χ1n) is 8.02. The number of ether oxygens (including phenoxy) is 2. The highest BCUT2D eigenvalue weighted by molar-refractivity contribution is 7.92. The van der Waals surface area contributed by atoms with E-state index in [9.17, 15) is 17.6 Å². The highest BCUT2D eigenvalue weighted by atomic mass is 32.2. The zero-order valence-corrected chi connectivity index (χ0v) is 16.4. The van der Waals surface area contributed by atoms with E-state index in [1.165, 1.54) is 50.6 Å². The van der Waals surface area contributed by atoms with Gasteiger partial charge in [-0.25, -0.2) is 18.2 Å². The number of sulfonamides is 1. The van der Waals surface area contributed by atoms with Gasteiger partial charge in [0.05, 0.1) is 32.4 Å². The largest absolute Gasteiger partial charge is 0.493 e. The van der Waals surface area contributed by atoms with Crippen LogP contribution >= 0.6 is 0 Å². The minimum atomic E-state index is -3.78. The summed E-state index contributed by atoms with van der Waals surface area (Å²) in [5.74, 6) is -0.471. The lowest BCUT2D eigenvalue weighted by atomic mass is 10.2. The fraction of sp³-hybridized carbons (Fsp3) is 0.222. The summed E-state index contributed by atoms with van der Waals surface area (Å²) >= 11 is 0. The molecule has 0 heterocycles. The number of carbonyl (C=O) groups excluding carboxylic acids is 1. The lowest BCUT2D eigenvalue weighted by Gasteiger charge is -2.22. The second-order valence-electron chi connectivity index (χ2n) is 5.62. The van der Waals surface area contributed by atoms with Gasteiger partial charge in [0, 0.05) is 11.6 Å². The molecule has 2 rings (SSSR count). The number of amides is 1. The highest BCUT2D eigenvalue weighted by Gasteiger charge is 2.22. The van der Waals surface area contributed by atoms with E-state index in [1.807, 2.05) is 0 Å². The summed E-state index contributed by atoms with van der Waals surface area (Å²) in [5, 5.41) is 3.66. The summed E-state index contributed by atoms with van der Waals surface area (Å²) in [5.41, 5.74) is 2.58. The molecular formula is C18H20FN3O5S. The van der Waals surface area contributed by atoms with E-state index in [-0.39, 0.29) is 11.3 Å². The van der Waals surface area contributed by atoms with Gasteiger partial charge >= 0.3 is 0 Å². The van der Waals surface area contributed by atoms with Crippen molar-refractivity contribution in [3.8, 4) is 11.5 Å². The van der Waals surface area contributed by atoms with Crippen LogP contribution in [0.4, 0.5) is 10.1 Å². The van der Waals surface area contributed by atoms with E-state index in [0.717, 1.165) is 16.8 Å². The number of anilines is 1. The van der Waals surface area contributed by atoms with Crippen LogP contribution in [0, 0.1) is 5.82 Å². The summed E-state index contributed by atoms with van der Waals surface area (Å²) in [7, 11) is -0.913. The number of rotatable bonds is 8. The zero-order chi connectivity index (χ0) is 20.7. The number of hydrazone groups is 1. The lowest BCUT2D eigenvalue weighted by Crippen LogP contribution is -2.39. The highest BCUT2D eigenvalue weighted by Crippen LogP contribution is 2.32. The molecule has 1 amide bonds. The Kier molecular flexibility index (Phi) is 6.94. The molecule has 2 aromatic rings. The molecule has 0 atom stereocenters. The lowest BCUT2D eigenvalue weighted by molar-refractivity contribution is -0.119. The van der Waals surface area contributed by atoms with E-state index in [0.29, 0.717) is 11.5 Å². The van der Waals surface area contributed by atoms with Crippen molar-refractivity contribution in [1.29, 1.82) is 0 Å². The summed E-state index contributed by atoms with van der Waals surface area (Å²) < 4.78 is 49.0. The molecule has 0 aromatic heterocycles. The quantitative estimate of drug-likeness (QED) is 0.529. The summed E-state index contributed by atoms with van der Waals surface area (Å²) in [6.45, 7) is -0.525. The van der Waals surface area contributed by atoms with Gasteiger partial charge in [0.1, 0.15) is 12.4 Å². The van der Waals surface area contributed by atoms with Crippen molar-refractivity contribution in [2.45, 2.75) is 0 Å². The van der Waals surface area contributed by atoms with Gasteiger partial charge in [-0.2, -0.15) is 5.10 Å². The molecule has 0 aliphatic carbocycles. The third-order valence-corrected chi connectivity index (χ3v) is 4.78. The Labute approximate surface area is 162 Å². The summed E-state index contributed by atoms with van der Waals surface area (Å²) in [6.07, 6.45) is 2.11. The van der Waals surface area contributed by atoms with Gasteiger partial charge in [0.2, 0.25) is 10.0 Å². The van der Waals surface area contributed by atoms with Crippen molar-refractivity contribution < 1.29 is 27.1 Å². The Bertz CT molecular complexity index is 979. The van der Waals surface area contributed by atoms with E-state index in [4.69, 9.17) is 9.47 Å². The molecule has 10 heteroatoms. The Hall–Kier alpha value is -3.14. The molecule has 0 saturated carbocycles. The Morgan fingerprint density at radius 3 is 2.46 bits per heavy atom. The molecule has 0 fully saturated rings. The number of methoxy groups -OCH3 is 2. The average Bonchev–Trinajstić information content (AvgIpc) is 2.66. The van der Waals surface area contributed by atoms with Gasteiger partial charge in [0.25, 0.3) is 5.91 Å². The first kappa shape index (κ1) is 21.2. The molecule has 0 spiro atoms. The normalized spacial score (nSPS) is 11.3. The standard InChI is InChI=1S/C18H20FN3O5S/c1-26-16-9-8-14(10-17(16)27-2)22(28(3,24)25)12-18(23)21-20-11-13-6-4-5-7-15(13)19/h4-11H,12H2,1-3H3,(H,21,23)/b20-11-. The minimum Gasteiger partial charge on any atom is -0.493 e. The predicted octanol–water partition coefficient (Wildman–Crippen LogP) is 1.76. The molecule has 0 radical (unpaired) electrons. The van der Waals surface area contributed by atoms with Crippen molar-refractivity contribution in [2.75, 3.05) is 31.3 Å². The van der Waals surface area contributed by atoms with Crippen molar-refractivity contribution in [2.24, 2.45) is 5.10 Å². The van der Waals surface area contributed by atoms with Crippen LogP contribution in [0.1, 0.15) is 5.56 Å². The van der Waals surface area contributed by atoms with Crippen LogP contribution in [0.2, 0.25) is 0 Å². The second-order valence-corrected chi connectivity index (χ2v) is 7.53. The molecule has 1 N–H and O–H groups in total. The molecule has 2 aromatic carbocycles. The van der Waals surface area contributed by atoms with Crippen LogP contribution in [0.5, 0.6) is 11.5 Å². The van der Waals surface area contributed by atoms with E-state index >= 15 is 0 Å². The second kappa shape index (κ2) is 9.18. The molecule has 0 unspecified atom stereocenters. The van der Waals surface area contributed by atoms with Crippen molar-refractivity contribution >= 4 is 27.8 Å². The maximum Gasteiger partial charge on any atom is 0.260 e. The van der Waals surface area contributed by atoms with Gasteiger partial charge in [-0.1, -0.05) is 18.2 Å². The number of hydrogen-bond donors (Lipinski definition) is 1. The Balaban J connectivity index is 2.17. The number of halogens is 1. The van der Waals surface area contributed by atoms with Crippen LogP contribution < -0.4 is 19.2 Å². The molecular weight excluding hydrogens is 389 g/mol. The monoisotopic (exact) mass is 409 g/mol. The molecule has 8 nitrogen and oxygen atoms in total. The topological polar surface area (TPSA) is 97.3 Å². The number of benzene rings is 2. The maximum atomic E-state index is 13.5. The summed E-state index contributed by atoms with van der Waals surface area (Å²) in [4.78, 5) is 12.1. The number of hydrogen-bond acceptors (Lipinski definition) is 6. The van der Waals surface area contributed by atoms with Crippen molar-refractivity contribution in [1.82, 2.24) is 5.43 Å². The van der Waals surface area contributed by atoms with Gasteiger partial charge in [-0.3, -0.25) is 9.10 Å². The minimum absolute atomic E-state index is 0.183. The summed E-state index contributed by atoms with van der Waals surface area (Å²) in [6, 6.07) is 10.3. The first-order chi connectivity index (χ1) is 13.3. The molecule has 0 bridgehead atoms. The third kappa shape index (κ3) is 5.43.